The molecule has 6 N–H and O–H groups in total. The van der Waals surface area contributed by atoms with E-state index in [0.29, 0.717) is 44.4 Å². The summed E-state index contributed by atoms with van der Waals surface area (Å²) >= 11 is 0. The van der Waals surface area contributed by atoms with Crippen LogP contribution in [0.5, 0.6) is 0 Å². The van der Waals surface area contributed by atoms with Crippen molar-refractivity contribution in [2.45, 2.75) is 33.2 Å². The van der Waals surface area contributed by atoms with Gasteiger partial charge in [-0.15, -0.1) is 0 Å². The first-order valence-electron chi connectivity index (χ1n) is 10.3. The van der Waals surface area contributed by atoms with Gasteiger partial charge in [-0.2, -0.15) is 10.4 Å². The van der Waals surface area contributed by atoms with Crippen LogP contribution in [-0.4, -0.2) is 51.2 Å². The van der Waals surface area contributed by atoms with Crippen molar-refractivity contribution in [3.05, 3.63) is 41.0 Å². The first kappa shape index (κ1) is 25.2. The molecule has 9 heteroatoms. The second kappa shape index (κ2) is 15.1. The Bertz CT molecular complexity index is 726. The van der Waals surface area contributed by atoms with Crippen molar-refractivity contribution in [3.8, 4) is 6.07 Å². The van der Waals surface area contributed by atoms with Gasteiger partial charge in [0.1, 0.15) is 17.5 Å². The summed E-state index contributed by atoms with van der Waals surface area (Å²) < 4.78 is 5.03. The van der Waals surface area contributed by atoms with Crippen molar-refractivity contribution in [2.75, 3.05) is 40.4 Å². The smallest absolute Gasteiger partial charge is 0.164 e. The molecular formula is C21H36N8O. The molecule has 0 aromatic carbocycles. The number of ether oxygens (including phenoxy) is 1. The average Bonchev–Trinajstić information content (AvgIpc) is 2.76. The highest BCUT2D eigenvalue weighted by molar-refractivity contribution is 6.00. The second-order valence-electron chi connectivity index (χ2n) is 6.95. The van der Waals surface area contributed by atoms with E-state index in [1.165, 1.54) is 0 Å². The van der Waals surface area contributed by atoms with Crippen molar-refractivity contribution in [2.24, 2.45) is 16.8 Å². The van der Waals surface area contributed by atoms with Crippen molar-refractivity contribution in [1.29, 1.82) is 5.26 Å². The summed E-state index contributed by atoms with van der Waals surface area (Å²) in [5, 5.41) is 23.2. The van der Waals surface area contributed by atoms with Gasteiger partial charge in [0.25, 0.3) is 0 Å². The molecule has 1 aromatic heterocycles. The summed E-state index contributed by atoms with van der Waals surface area (Å²) in [5.74, 6) is 1.18. The van der Waals surface area contributed by atoms with Gasteiger partial charge in [-0.3, -0.25) is 4.98 Å². The number of hydrogen-bond acceptors (Lipinski definition) is 8. The van der Waals surface area contributed by atoms with Crippen molar-refractivity contribution in [3.63, 3.8) is 0 Å². The van der Waals surface area contributed by atoms with Crippen LogP contribution in [-0.2, 0) is 17.7 Å². The SMILES string of the molecule is CCC(C)CNN=C(N)C(C#N)=C(NC)NCCc1cccc(CNCCOC)n1. The first-order chi connectivity index (χ1) is 14.5. The highest BCUT2D eigenvalue weighted by Crippen LogP contribution is 2.02. The summed E-state index contributed by atoms with van der Waals surface area (Å²) in [7, 11) is 3.42. The molecule has 0 spiro atoms. The van der Waals surface area contributed by atoms with E-state index in [-0.39, 0.29) is 11.4 Å². The summed E-state index contributed by atoms with van der Waals surface area (Å²) in [4.78, 5) is 4.66. The fourth-order valence-electron chi connectivity index (χ4n) is 2.50. The zero-order valence-electron chi connectivity index (χ0n) is 18.6. The molecule has 1 aromatic rings. The van der Waals surface area contributed by atoms with Gasteiger partial charge in [0, 0.05) is 52.5 Å². The molecule has 0 fully saturated rings. The number of rotatable bonds is 15. The topological polar surface area (TPSA) is 132 Å². The standard InChI is InChI=1S/C21H36N8O/c1-5-16(2)14-27-29-20(23)19(13-22)21(24-3)26-10-9-17-7-6-8-18(28-17)15-25-11-12-30-4/h6-8,16,24-27H,5,9-12,14-15H2,1-4H3,(H2,23,29). The maximum absolute atomic E-state index is 9.52. The summed E-state index contributed by atoms with van der Waals surface area (Å²) in [6.45, 7) is 7.70. The molecule has 9 nitrogen and oxygen atoms in total. The Kier molecular flexibility index (Phi) is 12.7. The number of hydrazone groups is 1. The second-order valence-corrected chi connectivity index (χ2v) is 6.95. The third-order valence-electron chi connectivity index (χ3n) is 4.54. The zero-order chi connectivity index (χ0) is 22.2. The molecule has 0 amide bonds. The predicted molar refractivity (Wildman–Crippen MR) is 120 cm³/mol. The molecule has 0 radical (unpaired) electrons. The fourth-order valence-corrected chi connectivity index (χ4v) is 2.50. The van der Waals surface area contributed by atoms with Gasteiger partial charge < -0.3 is 31.8 Å². The highest BCUT2D eigenvalue weighted by Gasteiger charge is 2.10. The number of nitrogens with two attached hydrogens (primary N) is 1. The number of methoxy groups -OCH3 is 1. The van der Waals surface area contributed by atoms with Gasteiger partial charge >= 0.3 is 0 Å². The van der Waals surface area contributed by atoms with Gasteiger partial charge in [-0.05, 0) is 18.1 Å². The van der Waals surface area contributed by atoms with Crippen LogP contribution in [0.1, 0.15) is 31.7 Å². The molecule has 30 heavy (non-hydrogen) atoms. The molecule has 0 aliphatic rings. The van der Waals surface area contributed by atoms with Crippen LogP contribution in [0, 0.1) is 17.2 Å². The molecular weight excluding hydrogens is 380 g/mol. The van der Waals surface area contributed by atoms with Crippen LogP contribution in [0.15, 0.2) is 34.7 Å². The van der Waals surface area contributed by atoms with Crippen LogP contribution in [0.2, 0.25) is 0 Å². The lowest BCUT2D eigenvalue weighted by Gasteiger charge is -2.13. The number of nitrogens with one attached hydrogen (secondary N) is 4. The van der Waals surface area contributed by atoms with E-state index in [2.05, 4.69) is 51.4 Å². The normalized spacial score (nSPS) is 13.2. The molecule has 1 heterocycles. The van der Waals surface area contributed by atoms with Crippen molar-refractivity contribution < 1.29 is 4.74 Å². The largest absolute Gasteiger partial charge is 0.383 e. The third-order valence-corrected chi connectivity index (χ3v) is 4.54. The molecule has 0 aliphatic heterocycles. The number of amidine groups is 1. The maximum Gasteiger partial charge on any atom is 0.164 e. The lowest BCUT2D eigenvalue weighted by Crippen LogP contribution is -2.32. The zero-order valence-corrected chi connectivity index (χ0v) is 18.6. The first-order valence-corrected chi connectivity index (χ1v) is 10.3. The highest BCUT2D eigenvalue weighted by atomic mass is 16.5. The molecule has 0 saturated carbocycles. The predicted octanol–water partition coefficient (Wildman–Crippen LogP) is 0.812. The van der Waals surface area contributed by atoms with E-state index >= 15 is 0 Å². The van der Waals surface area contributed by atoms with Crippen LogP contribution in [0.25, 0.3) is 0 Å². The Balaban J connectivity index is 2.64. The van der Waals surface area contributed by atoms with Crippen molar-refractivity contribution in [1.82, 2.24) is 26.4 Å². The van der Waals surface area contributed by atoms with E-state index in [4.69, 9.17) is 10.5 Å². The maximum atomic E-state index is 9.52. The Morgan fingerprint density at radius 3 is 2.77 bits per heavy atom. The molecule has 166 valence electrons. The number of aromatic nitrogens is 1. The van der Waals surface area contributed by atoms with E-state index in [1.807, 2.05) is 18.2 Å². The molecule has 0 aliphatic carbocycles. The molecule has 0 bridgehead atoms. The van der Waals surface area contributed by atoms with Gasteiger partial charge in [0.2, 0.25) is 0 Å². The van der Waals surface area contributed by atoms with E-state index in [1.54, 1.807) is 14.2 Å². The monoisotopic (exact) mass is 416 g/mol. The minimum absolute atomic E-state index is 0.153. The summed E-state index contributed by atoms with van der Waals surface area (Å²) in [6, 6.07) is 8.10. The Morgan fingerprint density at radius 2 is 2.10 bits per heavy atom. The minimum atomic E-state index is 0.153. The summed E-state index contributed by atoms with van der Waals surface area (Å²) in [6.07, 6.45) is 1.75. The van der Waals surface area contributed by atoms with Crippen LogP contribution in [0.3, 0.4) is 0 Å². The Morgan fingerprint density at radius 1 is 1.33 bits per heavy atom. The van der Waals surface area contributed by atoms with Crippen molar-refractivity contribution >= 4 is 5.84 Å². The van der Waals surface area contributed by atoms with Gasteiger partial charge in [-0.25, -0.2) is 0 Å². The van der Waals surface area contributed by atoms with Crippen LogP contribution in [0.4, 0.5) is 0 Å². The van der Waals surface area contributed by atoms with Crippen LogP contribution < -0.4 is 27.1 Å². The number of pyridine rings is 1. The van der Waals surface area contributed by atoms with E-state index in [0.717, 1.165) is 24.4 Å². The van der Waals surface area contributed by atoms with Gasteiger partial charge in [-0.1, -0.05) is 26.3 Å². The molecule has 1 rings (SSSR count). The lowest BCUT2D eigenvalue weighted by molar-refractivity contribution is 0.199. The number of nitrogens with zero attached hydrogens (tertiary/aromatic N) is 3. The van der Waals surface area contributed by atoms with E-state index in [9.17, 15) is 5.26 Å². The van der Waals surface area contributed by atoms with Crippen LogP contribution >= 0.6 is 0 Å². The molecule has 0 saturated heterocycles. The number of nitriles is 1. The van der Waals surface area contributed by atoms with E-state index < -0.39 is 0 Å². The Labute approximate surface area is 180 Å². The average molecular weight is 417 g/mol. The quantitative estimate of drug-likeness (QED) is 0.0933. The minimum Gasteiger partial charge on any atom is -0.383 e. The molecule has 1 atom stereocenters. The van der Waals surface area contributed by atoms with Gasteiger partial charge in [0.05, 0.1) is 12.3 Å². The summed E-state index contributed by atoms with van der Waals surface area (Å²) in [5.41, 5.74) is 11.2. The molecule has 1 unspecified atom stereocenters. The fraction of sp³-hybridized carbons (Fsp3) is 0.571. The lowest BCUT2D eigenvalue weighted by atomic mass is 10.1. The third kappa shape index (κ3) is 9.58. The Hall–Kier alpha value is -2.83. The number of hydrogen-bond donors (Lipinski definition) is 5. The van der Waals surface area contributed by atoms with Gasteiger partial charge in [0.15, 0.2) is 5.84 Å².